The van der Waals surface area contributed by atoms with Crippen molar-refractivity contribution in [2.24, 2.45) is 11.8 Å². The minimum Gasteiger partial charge on any atom is -0.349 e. The molecule has 1 aliphatic carbocycles. The number of hydrogen-bond donors (Lipinski definition) is 1. The highest BCUT2D eigenvalue weighted by atomic mass is 16.1. The van der Waals surface area contributed by atoms with Crippen LogP contribution in [0, 0.1) is 25.7 Å². The van der Waals surface area contributed by atoms with Gasteiger partial charge in [0.1, 0.15) is 5.65 Å². The fourth-order valence-electron chi connectivity index (χ4n) is 3.46. The molecule has 2 aromatic heterocycles. The molecule has 0 aliphatic heterocycles. The molecule has 4 heteroatoms. The first kappa shape index (κ1) is 16.0. The lowest BCUT2D eigenvalue weighted by Crippen LogP contribution is -2.43. The number of rotatable bonds is 5. The van der Waals surface area contributed by atoms with Gasteiger partial charge in [-0.1, -0.05) is 20.3 Å². The topological polar surface area (TPSA) is 46.4 Å². The van der Waals surface area contributed by atoms with Crippen LogP contribution in [-0.2, 0) is 0 Å². The van der Waals surface area contributed by atoms with Gasteiger partial charge in [-0.3, -0.25) is 4.79 Å². The molecule has 1 amide bonds. The lowest BCUT2D eigenvalue weighted by molar-refractivity contribution is 0.0890. The van der Waals surface area contributed by atoms with E-state index >= 15 is 0 Å². The first-order chi connectivity index (χ1) is 11.0. The Hall–Kier alpha value is -1.84. The molecule has 1 atom stereocenters. The first-order valence-corrected chi connectivity index (χ1v) is 8.72. The summed E-state index contributed by atoms with van der Waals surface area (Å²) >= 11 is 0. The highest BCUT2D eigenvalue weighted by molar-refractivity contribution is 6.00. The van der Waals surface area contributed by atoms with Gasteiger partial charge in [0.25, 0.3) is 5.91 Å². The van der Waals surface area contributed by atoms with E-state index in [-0.39, 0.29) is 11.9 Å². The zero-order valence-electron chi connectivity index (χ0n) is 14.6. The van der Waals surface area contributed by atoms with Gasteiger partial charge in [-0.2, -0.15) is 0 Å². The number of carbonyl (C=O) groups excluding carboxylic acids is 1. The standard InChI is InChI=1S/C19H27N3O/c1-12(2)10-17(15-6-5-7-15)21-19(23)16-9-8-14(4)22-11-13(3)20-18(16)22/h8-9,11-12,15,17H,5-7,10H2,1-4H3,(H,21,23)/t17-/m1/s1. The number of carbonyl (C=O) groups is 1. The molecule has 124 valence electrons. The summed E-state index contributed by atoms with van der Waals surface area (Å²) in [6.45, 7) is 8.44. The lowest BCUT2D eigenvalue weighted by Gasteiger charge is -2.35. The molecule has 1 saturated carbocycles. The van der Waals surface area contributed by atoms with Crippen LogP contribution in [0.15, 0.2) is 18.3 Å². The molecular weight excluding hydrogens is 286 g/mol. The monoisotopic (exact) mass is 313 g/mol. The summed E-state index contributed by atoms with van der Waals surface area (Å²) in [6.07, 6.45) is 6.81. The summed E-state index contributed by atoms with van der Waals surface area (Å²) in [5.74, 6) is 1.25. The third kappa shape index (κ3) is 3.26. The average molecular weight is 313 g/mol. The number of pyridine rings is 1. The van der Waals surface area contributed by atoms with E-state index < -0.39 is 0 Å². The van der Waals surface area contributed by atoms with Crippen LogP contribution < -0.4 is 5.32 Å². The number of aromatic nitrogens is 2. The van der Waals surface area contributed by atoms with Crippen molar-refractivity contribution in [3.63, 3.8) is 0 Å². The van der Waals surface area contributed by atoms with E-state index in [1.165, 1.54) is 19.3 Å². The van der Waals surface area contributed by atoms with Gasteiger partial charge < -0.3 is 9.72 Å². The number of imidazole rings is 1. The van der Waals surface area contributed by atoms with Gasteiger partial charge in [-0.15, -0.1) is 0 Å². The number of amides is 1. The van der Waals surface area contributed by atoms with E-state index in [9.17, 15) is 4.79 Å². The summed E-state index contributed by atoms with van der Waals surface area (Å²) < 4.78 is 2.01. The molecule has 2 heterocycles. The second kappa shape index (κ2) is 6.34. The maximum absolute atomic E-state index is 12.9. The van der Waals surface area contributed by atoms with Gasteiger partial charge >= 0.3 is 0 Å². The predicted octanol–water partition coefficient (Wildman–Crippen LogP) is 3.90. The minimum absolute atomic E-state index is 0.0122. The minimum atomic E-state index is 0.0122. The van der Waals surface area contributed by atoms with Crippen molar-refractivity contribution in [2.45, 2.75) is 59.4 Å². The van der Waals surface area contributed by atoms with Gasteiger partial charge in [0, 0.05) is 17.9 Å². The highest BCUT2D eigenvalue weighted by Gasteiger charge is 2.29. The number of nitrogens with zero attached hydrogens (tertiary/aromatic N) is 2. The molecule has 0 aromatic carbocycles. The smallest absolute Gasteiger partial charge is 0.255 e. The Labute approximate surface area is 138 Å². The molecule has 23 heavy (non-hydrogen) atoms. The summed E-state index contributed by atoms with van der Waals surface area (Å²) in [5, 5.41) is 3.30. The summed E-state index contributed by atoms with van der Waals surface area (Å²) in [6, 6.07) is 4.18. The van der Waals surface area contributed by atoms with Crippen molar-refractivity contribution in [1.29, 1.82) is 0 Å². The van der Waals surface area contributed by atoms with Crippen LogP contribution in [0.5, 0.6) is 0 Å². The molecule has 0 radical (unpaired) electrons. The molecule has 0 saturated heterocycles. The molecule has 4 nitrogen and oxygen atoms in total. The van der Waals surface area contributed by atoms with E-state index in [1.54, 1.807) is 0 Å². The fraction of sp³-hybridized carbons (Fsp3) is 0.579. The molecule has 1 N–H and O–H groups in total. The Kier molecular flexibility index (Phi) is 4.42. The Balaban J connectivity index is 1.86. The van der Waals surface area contributed by atoms with Crippen LogP contribution in [-0.4, -0.2) is 21.3 Å². The van der Waals surface area contributed by atoms with Gasteiger partial charge in [0.15, 0.2) is 0 Å². The van der Waals surface area contributed by atoms with Crippen molar-refractivity contribution in [3.05, 3.63) is 35.3 Å². The number of aryl methyl sites for hydroxylation is 2. The maximum Gasteiger partial charge on any atom is 0.255 e. The van der Waals surface area contributed by atoms with Crippen LogP contribution in [0.4, 0.5) is 0 Å². The zero-order valence-corrected chi connectivity index (χ0v) is 14.6. The molecular formula is C19H27N3O. The number of nitrogens with one attached hydrogen (secondary N) is 1. The van der Waals surface area contributed by atoms with Crippen molar-refractivity contribution >= 4 is 11.6 Å². The van der Waals surface area contributed by atoms with Crippen LogP contribution in [0.2, 0.25) is 0 Å². The predicted molar refractivity (Wildman–Crippen MR) is 92.7 cm³/mol. The third-order valence-corrected chi connectivity index (χ3v) is 4.94. The van der Waals surface area contributed by atoms with E-state index in [0.717, 1.165) is 23.5 Å². The second-order valence-corrected chi connectivity index (χ2v) is 7.36. The normalized spacial score (nSPS) is 16.6. The van der Waals surface area contributed by atoms with Crippen LogP contribution >= 0.6 is 0 Å². The van der Waals surface area contributed by atoms with Gasteiger partial charge in [0.05, 0.1) is 11.3 Å². The Bertz CT molecular complexity index is 713. The molecule has 0 unspecified atom stereocenters. The van der Waals surface area contributed by atoms with E-state index in [0.29, 0.717) is 17.4 Å². The summed E-state index contributed by atoms with van der Waals surface area (Å²) in [5.41, 5.74) is 3.47. The van der Waals surface area contributed by atoms with Crippen LogP contribution in [0.3, 0.4) is 0 Å². The number of hydrogen-bond acceptors (Lipinski definition) is 2. The first-order valence-electron chi connectivity index (χ1n) is 8.72. The van der Waals surface area contributed by atoms with Crippen LogP contribution in [0.25, 0.3) is 5.65 Å². The maximum atomic E-state index is 12.9. The van der Waals surface area contributed by atoms with E-state index in [4.69, 9.17) is 0 Å². The van der Waals surface area contributed by atoms with Crippen molar-refractivity contribution in [1.82, 2.24) is 14.7 Å². The van der Waals surface area contributed by atoms with E-state index in [1.807, 2.05) is 36.6 Å². The van der Waals surface area contributed by atoms with Crippen LogP contribution in [0.1, 0.15) is 61.3 Å². The molecule has 1 fully saturated rings. The van der Waals surface area contributed by atoms with Gasteiger partial charge in [-0.25, -0.2) is 4.98 Å². The second-order valence-electron chi connectivity index (χ2n) is 7.36. The van der Waals surface area contributed by atoms with Crippen molar-refractivity contribution in [3.8, 4) is 0 Å². The highest BCUT2D eigenvalue weighted by Crippen LogP contribution is 2.32. The zero-order chi connectivity index (χ0) is 16.6. The molecule has 1 aliphatic rings. The quantitative estimate of drug-likeness (QED) is 0.910. The third-order valence-electron chi connectivity index (χ3n) is 4.94. The lowest BCUT2D eigenvalue weighted by atomic mass is 9.77. The van der Waals surface area contributed by atoms with Crippen molar-refractivity contribution < 1.29 is 4.79 Å². The fourth-order valence-corrected chi connectivity index (χ4v) is 3.46. The Morgan fingerprint density at radius 2 is 2.09 bits per heavy atom. The molecule has 0 bridgehead atoms. The molecule has 2 aromatic rings. The number of fused-ring (bicyclic) bond motifs is 1. The molecule has 3 rings (SSSR count). The van der Waals surface area contributed by atoms with Crippen molar-refractivity contribution in [2.75, 3.05) is 0 Å². The average Bonchev–Trinajstić information content (AvgIpc) is 2.78. The van der Waals surface area contributed by atoms with Gasteiger partial charge in [-0.05, 0) is 57.1 Å². The Morgan fingerprint density at radius 3 is 2.70 bits per heavy atom. The summed E-state index contributed by atoms with van der Waals surface area (Å²) in [7, 11) is 0. The molecule has 0 spiro atoms. The SMILES string of the molecule is Cc1cn2c(C)ccc(C(=O)N[C@H](CC(C)C)C3CCC3)c2n1. The van der Waals surface area contributed by atoms with Gasteiger partial charge in [0.2, 0.25) is 0 Å². The van der Waals surface area contributed by atoms with E-state index in [2.05, 4.69) is 24.1 Å². The summed E-state index contributed by atoms with van der Waals surface area (Å²) in [4.78, 5) is 17.4. The largest absolute Gasteiger partial charge is 0.349 e. The Morgan fingerprint density at radius 1 is 1.35 bits per heavy atom.